The summed E-state index contributed by atoms with van der Waals surface area (Å²) in [7, 11) is 0. The van der Waals surface area contributed by atoms with Crippen LogP contribution >= 0.6 is 0 Å². The summed E-state index contributed by atoms with van der Waals surface area (Å²) in [4.78, 5) is 25.4. The fourth-order valence-electron chi connectivity index (χ4n) is 1.70. The van der Waals surface area contributed by atoms with Gasteiger partial charge in [-0.2, -0.15) is 5.26 Å². The largest absolute Gasteiger partial charge is 0.343 e. The molecular weight excluding hydrogens is 218 g/mol. The fraction of sp³-hybridized carbons (Fsp3) is 0.750. The third kappa shape index (κ3) is 3.19. The summed E-state index contributed by atoms with van der Waals surface area (Å²) in [6, 6.07) is 1.36. The molecule has 1 atom stereocenters. The van der Waals surface area contributed by atoms with E-state index in [-0.39, 0.29) is 5.91 Å². The molecule has 17 heavy (non-hydrogen) atoms. The molecule has 1 fully saturated rings. The molecule has 1 unspecified atom stereocenters. The lowest BCUT2D eigenvalue weighted by atomic mass is 9.94. The molecule has 2 amide bonds. The van der Waals surface area contributed by atoms with Gasteiger partial charge in [0.15, 0.2) is 0 Å². The SMILES string of the molecule is CC(NC(=O)C(C)(C)C#N)C(=O)N1CCCC1. The highest BCUT2D eigenvalue weighted by Gasteiger charge is 2.31. The van der Waals surface area contributed by atoms with E-state index in [4.69, 9.17) is 5.26 Å². The van der Waals surface area contributed by atoms with Crippen molar-refractivity contribution in [2.45, 2.75) is 39.7 Å². The van der Waals surface area contributed by atoms with E-state index in [1.165, 1.54) is 13.8 Å². The molecule has 1 N–H and O–H groups in total. The van der Waals surface area contributed by atoms with Crippen molar-refractivity contribution in [1.82, 2.24) is 10.2 Å². The molecule has 0 aromatic carbocycles. The third-order valence-electron chi connectivity index (χ3n) is 2.98. The van der Waals surface area contributed by atoms with Crippen molar-refractivity contribution in [3.8, 4) is 6.07 Å². The monoisotopic (exact) mass is 237 g/mol. The predicted octanol–water partition coefficient (Wildman–Crippen LogP) is 0.663. The van der Waals surface area contributed by atoms with E-state index in [2.05, 4.69) is 5.32 Å². The molecule has 0 aromatic heterocycles. The van der Waals surface area contributed by atoms with E-state index in [1.54, 1.807) is 11.8 Å². The Balaban J connectivity index is 2.54. The van der Waals surface area contributed by atoms with Gasteiger partial charge in [0.2, 0.25) is 11.8 Å². The van der Waals surface area contributed by atoms with Crippen LogP contribution < -0.4 is 5.32 Å². The average molecular weight is 237 g/mol. The van der Waals surface area contributed by atoms with Crippen LogP contribution in [0.5, 0.6) is 0 Å². The van der Waals surface area contributed by atoms with Gasteiger partial charge in [-0.1, -0.05) is 0 Å². The van der Waals surface area contributed by atoms with Gasteiger partial charge in [-0.25, -0.2) is 0 Å². The van der Waals surface area contributed by atoms with Gasteiger partial charge in [0, 0.05) is 13.1 Å². The second-order valence-corrected chi connectivity index (χ2v) is 4.96. The van der Waals surface area contributed by atoms with E-state index in [0.717, 1.165) is 25.9 Å². The molecule has 1 aliphatic rings. The van der Waals surface area contributed by atoms with Crippen LogP contribution in [0.25, 0.3) is 0 Å². The number of nitrogens with zero attached hydrogens (tertiary/aromatic N) is 2. The number of hydrogen-bond donors (Lipinski definition) is 1. The number of likely N-dealkylation sites (tertiary alicyclic amines) is 1. The second kappa shape index (κ2) is 5.17. The molecule has 1 heterocycles. The van der Waals surface area contributed by atoms with Gasteiger partial charge < -0.3 is 10.2 Å². The smallest absolute Gasteiger partial charge is 0.244 e. The van der Waals surface area contributed by atoms with E-state index in [9.17, 15) is 9.59 Å². The Kier molecular flexibility index (Phi) is 4.11. The molecule has 0 aliphatic carbocycles. The van der Waals surface area contributed by atoms with Gasteiger partial charge in [-0.05, 0) is 33.6 Å². The lowest BCUT2D eigenvalue weighted by Crippen LogP contribution is -2.49. The maximum Gasteiger partial charge on any atom is 0.244 e. The minimum absolute atomic E-state index is 0.0652. The molecular formula is C12H19N3O2. The van der Waals surface area contributed by atoms with Gasteiger partial charge in [0.1, 0.15) is 11.5 Å². The lowest BCUT2D eigenvalue weighted by Gasteiger charge is -2.23. The Bertz CT molecular complexity index is 351. The van der Waals surface area contributed by atoms with E-state index >= 15 is 0 Å². The quantitative estimate of drug-likeness (QED) is 0.783. The van der Waals surface area contributed by atoms with Gasteiger partial charge in [-0.3, -0.25) is 9.59 Å². The topological polar surface area (TPSA) is 73.2 Å². The first-order chi connectivity index (χ1) is 7.88. The molecule has 5 nitrogen and oxygen atoms in total. The number of nitrogens with one attached hydrogen (secondary N) is 1. The van der Waals surface area contributed by atoms with Crippen molar-refractivity contribution in [3.05, 3.63) is 0 Å². The first-order valence-electron chi connectivity index (χ1n) is 5.89. The predicted molar refractivity (Wildman–Crippen MR) is 62.8 cm³/mol. The van der Waals surface area contributed by atoms with Crippen molar-refractivity contribution in [3.63, 3.8) is 0 Å². The maximum absolute atomic E-state index is 11.9. The van der Waals surface area contributed by atoms with Gasteiger partial charge in [0.25, 0.3) is 0 Å². The van der Waals surface area contributed by atoms with Crippen LogP contribution in [-0.4, -0.2) is 35.8 Å². The number of hydrogen-bond acceptors (Lipinski definition) is 3. The van der Waals surface area contributed by atoms with Crippen molar-refractivity contribution < 1.29 is 9.59 Å². The van der Waals surface area contributed by atoms with E-state index < -0.39 is 17.4 Å². The summed E-state index contributed by atoms with van der Waals surface area (Å²) < 4.78 is 0. The molecule has 0 aromatic rings. The second-order valence-electron chi connectivity index (χ2n) is 4.96. The van der Waals surface area contributed by atoms with E-state index in [1.807, 2.05) is 6.07 Å². The summed E-state index contributed by atoms with van der Waals surface area (Å²) >= 11 is 0. The summed E-state index contributed by atoms with van der Waals surface area (Å²) in [5.41, 5.74) is -1.10. The zero-order valence-electron chi connectivity index (χ0n) is 10.6. The van der Waals surface area contributed by atoms with Gasteiger partial charge >= 0.3 is 0 Å². The Morgan fingerprint density at radius 3 is 2.35 bits per heavy atom. The molecule has 0 radical (unpaired) electrons. The number of carbonyl (C=O) groups is 2. The molecule has 0 spiro atoms. The molecule has 1 rings (SSSR count). The summed E-state index contributed by atoms with van der Waals surface area (Å²) in [6.07, 6.45) is 2.05. The molecule has 0 saturated carbocycles. The zero-order chi connectivity index (χ0) is 13.1. The van der Waals surface area contributed by atoms with Crippen LogP contribution in [0.3, 0.4) is 0 Å². The van der Waals surface area contributed by atoms with Gasteiger partial charge in [-0.15, -0.1) is 0 Å². The molecule has 94 valence electrons. The van der Waals surface area contributed by atoms with Crippen LogP contribution in [0.1, 0.15) is 33.6 Å². The Hall–Kier alpha value is -1.57. The van der Waals surface area contributed by atoms with Gasteiger partial charge in [0.05, 0.1) is 6.07 Å². The van der Waals surface area contributed by atoms with Crippen LogP contribution in [0, 0.1) is 16.7 Å². The normalized spacial score (nSPS) is 17.4. The molecule has 1 saturated heterocycles. The first kappa shape index (κ1) is 13.5. The minimum Gasteiger partial charge on any atom is -0.343 e. The Labute approximate surface area is 102 Å². The van der Waals surface area contributed by atoms with Crippen molar-refractivity contribution in [2.24, 2.45) is 5.41 Å². The van der Waals surface area contributed by atoms with Crippen LogP contribution in [0.4, 0.5) is 0 Å². The van der Waals surface area contributed by atoms with E-state index in [0.29, 0.717) is 0 Å². The zero-order valence-corrected chi connectivity index (χ0v) is 10.6. The first-order valence-corrected chi connectivity index (χ1v) is 5.89. The highest BCUT2D eigenvalue weighted by Crippen LogP contribution is 2.14. The summed E-state index contributed by atoms with van der Waals surface area (Å²) in [6.45, 7) is 6.26. The summed E-state index contributed by atoms with van der Waals surface area (Å²) in [5, 5.41) is 11.4. The minimum atomic E-state index is -1.10. The number of amides is 2. The lowest BCUT2D eigenvalue weighted by molar-refractivity contribution is -0.136. The Morgan fingerprint density at radius 2 is 1.88 bits per heavy atom. The average Bonchev–Trinajstić information content (AvgIpc) is 2.81. The number of nitriles is 1. The highest BCUT2D eigenvalue weighted by atomic mass is 16.2. The van der Waals surface area contributed by atoms with Crippen molar-refractivity contribution in [2.75, 3.05) is 13.1 Å². The third-order valence-corrected chi connectivity index (χ3v) is 2.98. The van der Waals surface area contributed by atoms with Crippen LogP contribution in [0.2, 0.25) is 0 Å². The summed E-state index contributed by atoms with van der Waals surface area (Å²) in [5.74, 6) is -0.468. The van der Waals surface area contributed by atoms with Crippen LogP contribution in [-0.2, 0) is 9.59 Å². The maximum atomic E-state index is 11.9. The van der Waals surface area contributed by atoms with Crippen LogP contribution in [0.15, 0.2) is 0 Å². The molecule has 5 heteroatoms. The Morgan fingerprint density at radius 1 is 1.35 bits per heavy atom. The molecule has 0 bridgehead atoms. The van der Waals surface area contributed by atoms with Crippen molar-refractivity contribution >= 4 is 11.8 Å². The number of carbonyl (C=O) groups excluding carboxylic acids is 2. The number of rotatable bonds is 3. The molecule has 1 aliphatic heterocycles. The fourth-order valence-corrected chi connectivity index (χ4v) is 1.70. The highest BCUT2D eigenvalue weighted by molar-refractivity contribution is 5.90. The standard InChI is InChI=1S/C12H19N3O2/c1-9(10(16)15-6-4-5-7-15)14-11(17)12(2,3)8-13/h9H,4-7H2,1-3H3,(H,14,17). The van der Waals surface area contributed by atoms with Crippen molar-refractivity contribution in [1.29, 1.82) is 5.26 Å².